The van der Waals surface area contributed by atoms with Crippen LogP contribution in [0.3, 0.4) is 0 Å². The standard InChI is InChI=1S/C11H19NO4/c1-4-16-10(14)8-5-7(8)9(13)12-6-11(2,3)15/h7-8,15H,4-6H2,1-3H3,(H,12,13)/t7-,8+/m0/s1. The van der Waals surface area contributed by atoms with Crippen LogP contribution in [0.5, 0.6) is 0 Å². The summed E-state index contributed by atoms with van der Waals surface area (Å²) in [6.07, 6.45) is 0.552. The Morgan fingerprint density at radius 3 is 2.56 bits per heavy atom. The zero-order valence-corrected chi connectivity index (χ0v) is 9.95. The maximum Gasteiger partial charge on any atom is 0.309 e. The Morgan fingerprint density at radius 1 is 1.44 bits per heavy atom. The molecule has 92 valence electrons. The first-order valence-electron chi connectivity index (χ1n) is 5.52. The number of carbonyl (C=O) groups excluding carboxylic acids is 2. The topological polar surface area (TPSA) is 75.6 Å². The summed E-state index contributed by atoms with van der Waals surface area (Å²) in [4.78, 5) is 22.8. The van der Waals surface area contributed by atoms with Gasteiger partial charge in [0, 0.05) is 6.54 Å². The summed E-state index contributed by atoms with van der Waals surface area (Å²) in [6.45, 7) is 5.50. The molecule has 0 radical (unpaired) electrons. The van der Waals surface area contributed by atoms with Crippen molar-refractivity contribution >= 4 is 11.9 Å². The molecule has 5 heteroatoms. The monoisotopic (exact) mass is 229 g/mol. The van der Waals surface area contributed by atoms with Gasteiger partial charge in [-0.1, -0.05) is 0 Å². The van der Waals surface area contributed by atoms with E-state index in [2.05, 4.69) is 5.32 Å². The third-order valence-corrected chi connectivity index (χ3v) is 2.41. The minimum Gasteiger partial charge on any atom is -0.466 e. The van der Waals surface area contributed by atoms with Crippen LogP contribution in [0.2, 0.25) is 0 Å². The lowest BCUT2D eigenvalue weighted by atomic mass is 10.1. The molecule has 1 aliphatic rings. The molecule has 0 aromatic carbocycles. The fourth-order valence-corrected chi connectivity index (χ4v) is 1.43. The number of amides is 1. The van der Waals surface area contributed by atoms with Gasteiger partial charge in [0.25, 0.3) is 0 Å². The van der Waals surface area contributed by atoms with Crippen molar-refractivity contribution in [2.75, 3.05) is 13.2 Å². The van der Waals surface area contributed by atoms with Gasteiger partial charge in [0.2, 0.25) is 5.91 Å². The molecule has 0 aliphatic heterocycles. The molecule has 5 nitrogen and oxygen atoms in total. The molecule has 0 bridgehead atoms. The summed E-state index contributed by atoms with van der Waals surface area (Å²) in [5.74, 6) is -1.05. The number of esters is 1. The Bertz CT molecular complexity index is 282. The molecule has 2 N–H and O–H groups in total. The van der Waals surface area contributed by atoms with E-state index in [1.807, 2.05) is 0 Å². The second-order valence-electron chi connectivity index (χ2n) is 4.73. The number of carbonyl (C=O) groups is 2. The van der Waals surface area contributed by atoms with Crippen molar-refractivity contribution in [3.8, 4) is 0 Å². The molecule has 0 unspecified atom stereocenters. The average Bonchev–Trinajstić information content (AvgIpc) is 2.93. The highest BCUT2D eigenvalue weighted by molar-refractivity contribution is 5.90. The zero-order chi connectivity index (χ0) is 12.3. The van der Waals surface area contributed by atoms with Crippen LogP contribution in [0.1, 0.15) is 27.2 Å². The number of hydrogen-bond donors (Lipinski definition) is 2. The normalized spacial score (nSPS) is 23.8. The fraction of sp³-hybridized carbons (Fsp3) is 0.818. The summed E-state index contributed by atoms with van der Waals surface area (Å²) in [7, 11) is 0. The minimum absolute atomic E-state index is 0.180. The van der Waals surface area contributed by atoms with E-state index in [1.165, 1.54) is 0 Å². The lowest BCUT2D eigenvalue weighted by molar-refractivity contribution is -0.146. The lowest BCUT2D eigenvalue weighted by Gasteiger charge is -2.17. The van der Waals surface area contributed by atoms with Gasteiger partial charge in [0.05, 0.1) is 24.0 Å². The molecular formula is C11H19NO4. The van der Waals surface area contributed by atoms with E-state index in [9.17, 15) is 14.7 Å². The third kappa shape index (κ3) is 3.81. The Hall–Kier alpha value is -1.10. The van der Waals surface area contributed by atoms with Gasteiger partial charge in [-0.05, 0) is 27.2 Å². The summed E-state index contributed by atoms with van der Waals surface area (Å²) in [6, 6.07) is 0. The number of ether oxygens (including phenoxy) is 1. The maximum atomic E-state index is 11.5. The predicted octanol–water partition coefficient (Wildman–Crippen LogP) is 0.0727. The van der Waals surface area contributed by atoms with E-state index in [1.54, 1.807) is 20.8 Å². The quantitative estimate of drug-likeness (QED) is 0.654. The predicted molar refractivity (Wildman–Crippen MR) is 57.5 cm³/mol. The zero-order valence-electron chi connectivity index (χ0n) is 9.95. The Morgan fingerprint density at radius 2 is 2.06 bits per heavy atom. The van der Waals surface area contributed by atoms with Gasteiger partial charge in [-0.25, -0.2) is 0 Å². The van der Waals surface area contributed by atoms with Crippen LogP contribution in [0, 0.1) is 11.8 Å². The molecule has 1 amide bonds. The first-order valence-corrected chi connectivity index (χ1v) is 5.52. The van der Waals surface area contributed by atoms with Crippen molar-refractivity contribution in [2.45, 2.75) is 32.8 Å². The van der Waals surface area contributed by atoms with Crippen LogP contribution in [-0.4, -0.2) is 35.7 Å². The second kappa shape index (κ2) is 4.82. The molecule has 1 fully saturated rings. The van der Waals surface area contributed by atoms with Crippen molar-refractivity contribution in [2.24, 2.45) is 11.8 Å². The largest absolute Gasteiger partial charge is 0.466 e. The second-order valence-corrected chi connectivity index (χ2v) is 4.73. The third-order valence-electron chi connectivity index (χ3n) is 2.41. The van der Waals surface area contributed by atoms with Gasteiger partial charge in [-0.15, -0.1) is 0 Å². The van der Waals surface area contributed by atoms with E-state index in [4.69, 9.17) is 4.74 Å². The minimum atomic E-state index is -0.927. The molecule has 2 atom stereocenters. The highest BCUT2D eigenvalue weighted by Gasteiger charge is 2.49. The molecule has 0 spiro atoms. The highest BCUT2D eigenvalue weighted by Crippen LogP contribution is 2.39. The van der Waals surface area contributed by atoms with Crippen molar-refractivity contribution < 1.29 is 19.4 Å². The van der Waals surface area contributed by atoms with Crippen LogP contribution in [0.4, 0.5) is 0 Å². The van der Waals surface area contributed by atoms with Gasteiger partial charge >= 0.3 is 5.97 Å². The van der Waals surface area contributed by atoms with Crippen molar-refractivity contribution in [3.63, 3.8) is 0 Å². The van der Waals surface area contributed by atoms with Gasteiger partial charge in [-0.3, -0.25) is 9.59 Å². The molecule has 0 heterocycles. The molecule has 1 saturated carbocycles. The first kappa shape index (κ1) is 13.0. The van der Waals surface area contributed by atoms with Crippen molar-refractivity contribution in [3.05, 3.63) is 0 Å². The number of aliphatic hydroxyl groups is 1. The van der Waals surface area contributed by atoms with Crippen LogP contribution >= 0.6 is 0 Å². The van der Waals surface area contributed by atoms with Crippen LogP contribution in [0.25, 0.3) is 0 Å². The van der Waals surface area contributed by atoms with Crippen molar-refractivity contribution in [1.29, 1.82) is 0 Å². The van der Waals surface area contributed by atoms with Gasteiger partial charge < -0.3 is 15.2 Å². The summed E-state index contributed by atoms with van der Waals surface area (Å²) in [5, 5.41) is 12.0. The molecular weight excluding hydrogens is 210 g/mol. The Balaban J connectivity index is 2.29. The van der Waals surface area contributed by atoms with Crippen molar-refractivity contribution in [1.82, 2.24) is 5.32 Å². The maximum absolute atomic E-state index is 11.5. The number of hydrogen-bond acceptors (Lipinski definition) is 4. The summed E-state index contributed by atoms with van der Waals surface area (Å²) in [5.41, 5.74) is -0.927. The summed E-state index contributed by atoms with van der Waals surface area (Å²) < 4.78 is 4.82. The smallest absolute Gasteiger partial charge is 0.309 e. The molecule has 0 aromatic heterocycles. The van der Waals surface area contributed by atoms with E-state index < -0.39 is 5.60 Å². The molecule has 1 rings (SSSR count). The van der Waals surface area contributed by atoms with Gasteiger partial charge in [-0.2, -0.15) is 0 Å². The summed E-state index contributed by atoms with van der Waals surface area (Å²) >= 11 is 0. The first-order chi connectivity index (χ1) is 7.35. The van der Waals surface area contributed by atoms with Crippen LogP contribution in [0.15, 0.2) is 0 Å². The lowest BCUT2D eigenvalue weighted by Crippen LogP contribution is -2.39. The Kier molecular flexibility index (Phi) is 3.91. The molecule has 16 heavy (non-hydrogen) atoms. The van der Waals surface area contributed by atoms with E-state index in [0.717, 1.165) is 0 Å². The van der Waals surface area contributed by atoms with E-state index in [0.29, 0.717) is 13.0 Å². The number of nitrogens with one attached hydrogen (secondary N) is 1. The highest BCUT2D eigenvalue weighted by atomic mass is 16.5. The molecule has 0 saturated heterocycles. The average molecular weight is 229 g/mol. The SMILES string of the molecule is CCOC(=O)[C@@H]1C[C@@H]1C(=O)NCC(C)(C)O. The van der Waals surface area contributed by atoms with Gasteiger partial charge in [0.1, 0.15) is 0 Å². The molecule has 1 aliphatic carbocycles. The van der Waals surface area contributed by atoms with Gasteiger partial charge in [0.15, 0.2) is 0 Å². The van der Waals surface area contributed by atoms with Crippen LogP contribution in [-0.2, 0) is 14.3 Å². The van der Waals surface area contributed by atoms with E-state index >= 15 is 0 Å². The van der Waals surface area contributed by atoms with E-state index in [-0.39, 0.29) is 30.3 Å². The molecule has 0 aromatic rings. The number of rotatable bonds is 5. The van der Waals surface area contributed by atoms with Crippen LogP contribution < -0.4 is 5.32 Å². The fourth-order valence-electron chi connectivity index (χ4n) is 1.43. The Labute approximate surface area is 95.2 Å².